The first kappa shape index (κ1) is 18.2. The van der Waals surface area contributed by atoms with Crippen molar-refractivity contribution in [2.75, 3.05) is 19.6 Å². The van der Waals surface area contributed by atoms with Crippen LogP contribution in [0.5, 0.6) is 0 Å². The molecule has 0 spiro atoms. The van der Waals surface area contributed by atoms with Gasteiger partial charge >= 0.3 is 0 Å². The van der Waals surface area contributed by atoms with Gasteiger partial charge in [-0.3, -0.25) is 9.78 Å². The third-order valence-corrected chi connectivity index (χ3v) is 3.07. The van der Waals surface area contributed by atoms with E-state index in [9.17, 15) is 4.79 Å². The summed E-state index contributed by atoms with van der Waals surface area (Å²) in [5.74, 6) is 0.680. The van der Waals surface area contributed by atoms with Gasteiger partial charge in [0.05, 0.1) is 0 Å². The normalized spacial score (nSPS) is 17.2. The number of hydrogen-bond acceptors (Lipinski definition) is 3. The second-order valence-electron chi connectivity index (χ2n) is 4.48. The molecule has 1 aromatic rings. The Labute approximate surface area is 126 Å². The minimum atomic E-state index is 0. The van der Waals surface area contributed by atoms with Crippen LogP contribution >= 0.6 is 24.8 Å². The number of hydrogen-bond donors (Lipinski definition) is 2. The van der Waals surface area contributed by atoms with Crippen molar-refractivity contribution in [3.63, 3.8) is 0 Å². The first-order valence-corrected chi connectivity index (χ1v) is 6.22. The minimum Gasteiger partial charge on any atom is -0.356 e. The van der Waals surface area contributed by atoms with Gasteiger partial charge in [0, 0.05) is 31.3 Å². The van der Waals surface area contributed by atoms with Crippen LogP contribution in [0.25, 0.3) is 0 Å². The molecule has 0 aromatic carbocycles. The van der Waals surface area contributed by atoms with Crippen LogP contribution in [0.15, 0.2) is 24.4 Å². The number of aromatic nitrogens is 1. The van der Waals surface area contributed by atoms with Crippen molar-refractivity contribution in [3.05, 3.63) is 30.1 Å². The van der Waals surface area contributed by atoms with Gasteiger partial charge in [-0.2, -0.15) is 0 Å². The molecule has 6 heteroatoms. The summed E-state index contributed by atoms with van der Waals surface area (Å²) in [6.07, 6.45) is 4.35. The lowest BCUT2D eigenvalue weighted by Gasteiger charge is -2.08. The lowest BCUT2D eigenvalue weighted by atomic mass is 10.0. The molecule has 2 N–H and O–H groups in total. The fourth-order valence-electron chi connectivity index (χ4n) is 2.10. The Morgan fingerprint density at radius 3 is 2.89 bits per heavy atom. The Hall–Kier alpha value is -0.840. The van der Waals surface area contributed by atoms with Crippen LogP contribution in [0.2, 0.25) is 0 Å². The summed E-state index contributed by atoms with van der Waals surface area (Å²) in [6.45, 7) is 2.70. The van der Waals surface area contributed by atoms with Crippen molar-refractivity contribution in [2.24, 2.45) is 5.92 Å². The van der Waals surface area contributed by atoms with Crippen molar-refractivity contribution in [3.8, 4) is 0 Å². The Bertz CT molecular complexity index is 356. The molecule has 2 rings (SSSR count). The quantitative estimate of drug-likeness (QED) is 0.868. The molecule has 1 aliphatic rings. The fraction of sp³-hybridized carbons (Fsp3) is 0.538. The SMILES string of the molecule is Cl.Cl.O=C(CC1CCNC1)NCCc1ccccn1. The van der Waals surface area contributed by atoms with Gasteiger partial charge in [-0.05, 0) is 37.6 Å². The van der Waals surface area contributed by atoms with Crippen molar-refractivity contribution >= 4 is 30.7 Å². The van der Waals surface area contributed by atoms with Gasteiger partial charge in [0.25, 0.3) is 0 Å². The standard InChI is InChI=1S/C13H19N3O.2ClH/c17-13(9-11-4-7-14-10-11)16-8-5-12-3-1-2-6-15-12;;/h1-3,6,11,14H,4-5,7-10H2,(H,16,17);2*1H. The van der Waals surface area contributed by atoms with Crippen LogP contribution in [0.3, 0.4) is 0 Å². The average Bonchev–Trinajstić information content (AvgIpc) is 2.83. The molecule has 1 atom stereocenters. The third kappa shape index (κ3) is 6.76. The zero-order chi connectivity index (χ0) is 11.9. The molecule has 1 saturated heterocycles. The molecule has 1 fully saturated rings. The van der Waals surface area contributed by atoms with E-state index in [-0.39, 0.29) is 30.7 Å². The molecule has 1 amide bonds. The van der Waals surface area contributed by atoms with E-state index in [0.29, 0.717) is 18.9 Å². The Morgan fingerprint density at radius 1 is 1.42 bits per heavy atom. The molecule has 0 radical (unpaired) electrons. The maximum Gasteiger partial charge on any atom is 0.220 e. The van der Waals surface area contributed by atoms with Gasteiger partial charge in [0.2, 0.25) is 5.91 Å². The summed E-state index contributed by atoms with van der Waals surface area (Å²) in [7, 11) is 0. The van der Waals surface area contributed by atoms with Crippen molar-refractivity contribution in [2.45, 2.75) is 19.3 Å². The van der Waals surface area contributed by atoms with Gasteiger partial charge in [0.15, 0.2) is 0 Å². The lowest BCUT2D eigenvalue weighted by Crippen LogP contribution is -2.28. The fourth-order valence-corrected chi connectivity index (χ4v) is 2.10. The van der Waals surface area contributed by atoms with E-state index in [4.69, 9.17) is 0 Å². The minimum absolute atomic E-state index is 0. The predicted octanol–water partition coefficient (Wildman–Crippen LogP) is 1.58. The van der Waals surface area contributed by atoms with E-state index < -0.39 is 0 Å². The highest BCUT2D eigenvalue weighted by Gasteiger charge is 2.17. The van der Waals surface area contributed by atoms with Crippen LogP contribution < -0.4 is 10.6 Å². The van der Waals surface area contributed by atoms with Crippen LogP contribution in [0.4, 0.5) is 0 Å². The van der Waals surface area contributed by atoms with Crippen molar-refractivity contribution in [1.29, 1.82) is 0 Å². The average molecular weight is 306 g/mol. The number of carbonyl (C=O) groups is 1. The summed E-state index contributed by atoms with van der Waals surface area (Å²) < 4.78 is 0. The smallest absolute Gasteiger partial charge is 0.220 e. The van der Waals surface area contributed by atoms with Crippen molar-refractivity contribution in [1.82, 2.24) is 15.6 Å². The van der Waals surface area contributed by atoms with E-state index in [0.717, 1.165) is 31.6 Å². The first-order chi connectivity index (χ1) is 8.34. The van der Waals surface area contributed by atoms with E-state index in [1.165, 1.54) is 0 Å². The van der Waals surface area contributed by atoms with Gasteiger partial charge in [0.1, 0.15) is 0 Å². The van der Waals surface area contributed by atoms with Crippen molar-refractivity contribution < 1.29 is 4.79 Å². The molecule has 2 heterocycles. The number of amides is 1. The van der Waals surface area contributed by atoms with Crippen LogP contribution in [-0.4, -0.2) is 30.5 Å². The summed E-state index contributed by atoms with van der Waals surface area (Å²) in [4.78, 5) is 15.8. The van der Waals surface area contributed by atoms with Gasteiger partial charge in [-0.15, -0.1) is 24.8 Å². The van der Waals surface area contributed by atoms with Gasteiger partial charge < -0.3 is 10.6 Å². The molecule has 0 aliphatic carbocycles. The number of nitrogens with one attached hydrogen (secondary N) is 2. The van der Waals surface area contributed by atoms with Gasteiger partial charge in [-0.25, -0.2) is 0 Å². The van der Waals surface area contributed by atoms with E-state index in [1.807, 2.05) is 18.2 Å². The monoisotopic (exact) mass is 305 g/mol. The summed E-state index contributed by atoms with van der Waals surface area (Å²) in [5, 5.41) is 6.22. The highest BCUT2D eigenvalue weighted by molar-refractivity contribution is 5.85. The highest BCUT2D eigenvalue weighted by atomic mass is 35.5. The zero-order valence-electron chi connectivity index (χ0n) is 10.8. The van der Waals surface area contributed by atoms with E-state index in [1.54, 1.807) is 6.20 Å². The third-order valence-electron chi connectivity index (χ3n) is 3.07. The second kappa shape index (κ2) is 10.0. The topological polar surface area (TPSA) is 54.0 Å². The number of nitrogens with zero attached hydrogens (tertiary/aromatic N) is 1. The molecule has 0 saturated carbocycles. The predicted molar refractivity (Wildman–Crippen MR) is 81.0 cm³/mol. The highest BCUT2D eigenvalue weighted by Crippen LogP contribution is 2.11. The molecule has 1 unspecified atom stereocenters. The number of rotatable bonds is 5. The zero-order valence-corrected chi connectivity index (χ0v) is 12.4. The Morgan fingerprint density at radius 2 is 2.26 bits per heavy atom. The molecule has 1 aromatic heterocycles. The molecular formula is C13H21Cl2N3O. The molecule has 19 heavy (non-hydrogen) atoms. The summed E-state index contributed by atoms with van der Waals surface area (Å²) in [6, 6.07) is 5.84. The number of carbonyl (C=O) groups excluding carboxylic acids is 1. The van der Waals surface area contributed by atoms with Crippen LogP contribution in [0, 0.1) is 5.92 Å². The number of pyridine rings is 1. The molecule has 1 aliphatic heterocycles. The maximum atomic E-state index is 11.6. The number of halogens is 2. The Kier molecular flexibility index (Phi) is 9.57. The summed E-state index contributed by atoms with van der Waals surface area (Å²) >= 11 is 0. The van der Waals surface area contributed by atoms with Crippen LogP contribution in [-0.2, 0) is 11.2 Å². The van der Waals surface area contributed by atoms with Crippen LogP contribution in [0.1, 0.15) is 18.5 Å². The summed E-state index contributed by atoms with van der Waals surface area (Å²) in [5.41, 5.74) is 1.02. The van der Waals surface area contributed by atoms with E-state index in [2.05, 4.69) is 15.6 Å². The molecule has 108 valence electrons. The van der Waals surface area contributed by atoms with Gasteiger partial charge in [-0.1, -0.05) is 6.07 Å². The first-order valence-electron chi connectivity index (χ1n) is 6.22. The molecule has 0 bridgehead atoms. The second-order valence-corrected chi connectivity index (χ2v) is 4.48. The largest absolute Gasteiger partial charge is 0.356 e. The molecule has 4 nitrogen and oxygen atoms in total. The lowest BCUT2D eigenvalue weighted by molar-refractivity contribution is -0.121. The molecular weight excluding hydrogens is 285 g/mol. The maximum absolute atomic E-state index is 11.6. The Balaban J connectivity index is 0.00000162. The van der Waals surface area contributed by atoms with E-state index >= 15 is 0 Å².